The lowest BCUT2D eigenvalue weighted by Crippen LogP contribution is -2.46. The van der Waals surface area contributed by atoms with Gasteiger partial charge >= 0.3 is 6.03 Å². The zero-order valence-electron chi connectivity index (χ0n) is 15.3. The van der Waals surface area contributed by atoms with Crippen molar-refractivity contribution in [2.24, 2.45) is 0 Å². The molecule has 0 aliphatic carbocycles. The lowest BCUT2D eigenvalue weighted by molar-refractivity contribution is -0.118. The van der Waals surface area contributed by atoms with Gasteiger partial charge in [-0.3, -0.25) is 9.69 Å². The topological polar surface area (TPSA) is 105 Å². The van der Waals surface area contributed by atoms with Crippen molar-refractivity contribution < 1.29 is 22.7 Å². The molecule has 0 bridgehead atoms. The van der Waals surface area contributed by atoms with E-state index >= 15 is 0 Å². The summed E-state index contributed by atoms with van der Waals surface area (Å²) in [5, 5.41) is 5.32. The molecule has 0 unspecified atom stereocenters. The Morgan fingerprint density at radius 1 is 1.04 bits per heavy atom. The Hall–Kier alpha value is -3.07. The molecule has 0 aromatic heterocycles. The van der Waals surface area contributed by atoms with Gasteiger partial charge in [-0.1, -0.05) is 18.2 Å². The molecule has 148 valence electrons. The Balaban J connectivity index is 1.78. The smallest absolute Gasteiger partial charge is 0.322 e. The molecular formula is C19H21N3O5S. The van der Waals surface area contributed by atoms with Crippen molar-refractivity contribution >= 4 is 27.5 Å². The highest BCUT2D eigenvalue weighted by Crippen LogP contribution is 2.35. The summed E-state index contributed by atoms with van der Waals surface area (Å²) in [5.41, 5.74) is 0.496. The zero-order chi connectivity index (χ0) is 20.1. The molecule has 28 heavy (non-hydrogen) atoms. The Morgan fingerprint density at radius 2 is 1.75 bits per heavy atom. The number of rotatable bonds is 5. The number of anilines is 1. The molecule has 3 rings (SSSR count). The van der Waals surface area contributed by atoms with Gasteiger partial charge in [0, 0.05) is 26.1 Å². The maximum absolute atomic E-state index is 12.8. The normalized spacial score (nSPS) is 13.2. The van der Waals surface area contributed by atoms with Gasteiger partial charge in [0.25, 0.3) is 0 Å². The van der Waals surface area contributed by atoms with Crippen LogP contribution in [0.3, 0.4) is 0 Å². The highest BCUT2D eigenvalue weighted by Gasteiger charge is 2.26. The fourth-order valence-electron chi connectivity index (χ4n) is 2.82. The van der Waals surface area contributed by atoms with E-state index in [0.717, 1.165) is 0 Å². The van der Waals surface area contributed by atoms with Crippen LogP contribution in [0.4, 0.5) is 10.5 Å². The summed E-state index contributed by atoms with van der Waals surface area (Å²) in [6.07, 6.45) is 0. The molecule has 2 N–H and O–H groups in total. The van der Waals surface area contributed by atoms with Crippen molar-refractivity contribution in [2.45, 2.75) is 16.7 Å². The molecule has 9 heteroatoms. The Bertz CT molecular complexity index is 976. The SMILES string of the molecule is CC(=O)NCCNC(=O)N1CCOc2cc(S(=O)(=O)c3ccccc3)ccc21. The number of urea groups is 1. The summed E-state index contributed by atoms with van der Waals surface area (Å²) < 4.78 is 31.2. The van der Waals surface area contributed by atoms with Crippen LogP contribution in [0.2, 0.25) is 0 Å². The van der Waals surface area contributed by atoms with Crippen LogP contribution in [-0.2, 0) is 14.6 Å². The second-order valence-electron chi connectivity index (χ2n) is 6.16. The molecule has 0 saturated carbocycles. The molecule has 1 aliphatic rings. The molecule has 0 saturated heterocycles. The van der Waals surface area contributed by atoms with E-state index in [-0.39, 0.29) is 34.9 Å². The molecular weight excluding hydrogens is 382 g/mol. The quantitative estimate of drug-likeness (QED) is 0.738. The van der Waals surface area contributed by atoms with Crippen molar-refractivity contribution in [3.63, 3.8) is 0 Å². The number of hydrogen-bond donors (Lipinski definition) is 2. The van der Waals surface area contributed by atoms with Gasteiger partial charge in [-0.2, -0.15) is 0 Å². The van der Waals surface area contributed by atoms with Crippen molar-refractivity contribution in [1.29, 1.82) is 0 Å². The first-order valence-corrected chi connectivity index (χ1v) is 10.2. The average Bonchev–Trinajstić information content (AvgIpc) is 2.70. The molecule has 3 amide bonds. The summed E-state index contributed by atoms with van der Waals surface area (Å²) >= 11 is 0. The number of carbonyl (C=O) groups is 2. The molecule has 8 nitrogen and oxygen atoms in total. The second kappa shape index (κ2) is 8.30. The first-order chi connectivity index (χ1) is 13.4. The maximum atomic E-state index is 12.8. The van der Waals surface area contributed by atoms with Gasteiger partial charge in [0.15, 0.2) is 0 Å². The largest absolute Gasteiger partial charge is 0.489 e. The number of amides is 3. The van der Waals surface area contributed by atoms with Crippen LogP contribution in [0, 0.1) is 0 Å². The van der Waals surface area contributed by atoms with Crippen molar-refractivity contribution in [3.05, 3.63) is 48.5 Å². The minimum Gasteiger partial charge on any atom is -0.489 e. The summed E-state index contributed by atoms with van der Waals surface area (Å²) in [7, 11) is -3.68. The maximum Gasteiger partial charge on any atom is 0.322 e. The third kappa shape index (κ3) is 4.25. The number of hydrogen-bond acceptors (Lipinski definition) is 5. The predicted molar refractivity (Wildman–Crippen MR) is 103 cm³/mol. The lowest BCUT2D eigenvalue weighted by Gasteiger charge is -2.30. The summed E-state index contributed by atoms with van der Waals surface area (Å²) in [4.78, 5) is 25.1. The van der Waals surface area contributed by atoms with Crippen LogP contribution >= 0.6 is 0 Å². The second-order valence-corrected chi connectivity index (χ2v) is 8.11. The van der Waals surface area contributed by atoms with E-state index in [1.807, 2.05) is 0 Å². The van der Waals surface area contributed by atoms with Gasteiger partial charge < -0.3 is 15.4 Å². The Morgan fingerprint density at radius 3 is 2.46 bits per heavy atom. The van der Waals surface area contributed by atoms with Crippen LogP contribution in [0.1, 0.15) is 6.92 Å². The molecule has 0 atom stereocenters. The predicted octanol–water partition coefficient (Wildman–Crippen LogP) is 1.56. The summed E-state index contributed by atoms with van der Waals surface area (Å²) in [5.74, 6) is 0.165. The average molecular weight is 403 g/mol. The fourth-order valence-corrected chi connectivity index (χ4v) is 4.11. The minimum atomic E-state index is -3.68. The first kappa shape index (κ1) is 19.7. The van der Waals surface area contributed by atoms with Gasteiger partial charge in [-0.05, 0) is 24.3 Å². The van der Waals surface area contributed by atoms with Crippen molar-refractivity contribution in [1.82, 2.24) is 10.6 Å². The van der Waals surface area contributed by atoms with Crippen LogP contribution in [0.5, 0.6) is 5.75 Å². The third-order valence-electron chi connectivity index (χ3n) is 4.18. The Kier molecular flexibility index (Phi) is 5.84. The van der Waals surface area contributed by atoms with E-state index in [0.29, 0.717) is 24.5 Å². The highest BCUT2D eigenvalue weighted by atomic mass is 32.2. The van der Waals surface area contributed by atoms with Crippen LogP contribution in [-0.4, -0.2) is 46.6 Å². The standard InChI is InChI=1S/C19H21N3O5S/c1-14(23)20-9-10-21-19(24)22-11-12-27-18-13-16(7-8-17(18)22)28(25,26)15-5-3-2-4-6-15/h2-8,13H,9-12H2,1H3,(H,20,23)(H,21,24). The minimum absolute atomic E-state index is 0.102. The number of fused-ring (bicyclic) bond motifs is 1. The number of sulfone groups is 1. The number of benzene rings is 2. The third-order valence-corrected chi connectivity index (χ3v) is 5.95. The first-order valence-electron chi connectivity index (χ1n) is 8.76. The lowest BCUT2D eigenvalue weighted by atomic mass is 10.2. The number of nitrogens with zero attached hydrogens (tertiary/aromatic N) is 1. The van der Waals surface area contributed by atoms with E-state index in [1.165, 1.54) is 36.1 Å². The molecule has 0 spiro atoms. The van der Waals surface area contributed by atoms with Gasteiger partial charge in [-0.25, -0.2) is 13.2 Å². The summed E-state index contributed by atoms with van der Waals surface area (Å²) in [6, 6.07) is 12.3. The van der Waals surface area contributed by atoms with Crippen LogP contribution in [0.25, 0.3) is 0 Å². The number of carbonyl (C=O) groups excluding carboxylic acids is 2. The number of ether oxygens (including phenoxy) is 1. The van der Waals surface area contributed by atoms with Gasteiger partial charge in [0.2, 0.25) is 15.7 Å². The summed E-state index contributed by atoms with van der Waals surface area (Å²) in [6.45, 7) is 2.60. The van der Waals surface area contributed by atoms with Gasteiger partial charge in [0.05, 0.1) is 22.0 Å². The Labute approximate surface area is 163 Å². The van der Waals surface area contributed by atoms with Crippen molar-refractivity contribution in [2.75, 3.05) is 31.1 Å². The van der Waals surface area contributed by atoms with Crippen LogP contribution in [0.15, 0.2) is 58.3 Å². The van der Waals surface area contributed by atoms with Crippen molar-refractivity contribution in [3.8, 4) is 5.75 Å². The van der Waals surface area contributed by atoms with E-state index < -0.39 is 9.84 Å². The molecule has 1 heterocycles. The van der Waals surface area contributed by atoms with E-state index in [4.69, 9.17) is 4.74 Å². The number of nitrogens with one attached hydrogen (secondary N) is 2. The molecule has 1 aliphatic heterocycles. The van der Waals surface area contributed by atoms with E-state index in [9.17, 15) is 18.0 Å². The van der Waals surface area contributed by atoms with Gasteiger partial charge in [0.1, 0.15) is 12.4 Å². The molecule has 2 aromatic carbocycles. The van der Waals surface area contributed by atoms with Crippen LogP contribution < -0.4 is 20.3 Å². The molecule has 0 fully saturated rings. The van der Waals surface area contributed by atoms with E-state index in [1.54, 1.807) is 24.3 Å². The monoisotopic (exact) mass is 403 g/mol. The highest BCUT2D eigenvalue weighted by molar-refractivity contribution is 7.91. The molecule has 0 radical (unpaired) electrons. The fraction of sp³-hybridized carbons (Fsp3) is 0.263. The van der Waals surface area contributed by atoms with E-state index in [2.05, 4.69) is 10.6 Å². The zero-order valence-corrected chi connectivity index (χ0v) is 16.2. The molecule has 2 aromatic rings. The van der Waals surface area contributed by atoms with Gasteiger partial charge in [-0.15, -0.1) is 0 Å².